The highest BCUT2D eigenvalue weighted by Crippen LogP contribution is 2.28. The van der Waals surface area contributed by atoms with Gasteiger partial charge in [-0.2, -0.15) is 0 Å². The summed E-state index contributed by atoms with van der Waals surface area (Å²) < 4.78 is 1.63. The predicted octanol–water partition coefficient (Wildman–Crippen LogP) is 0.533. The SMILES string of the molecule is CNC1CCCc2c1ccc(=O)n2CC(=O)N(C)C. The van der Waals surface area contributed by atoms with E-state index in [0.29, 0.717) is 0 Å². The molecule has 0 aromatic carbocycles. The van der Waals surface area contributed by atoms with Crippen molar-refractivity contribution in [1.82, 2.24) is 14.8 Å². The summed E-state index contributed by atoms with van der Waals surface area (Å²) >= 11 is 0. The predicted molar refractivity (Wildman–Crippen MR) is 74.1 cm³/mol. The number of rotatable bonds is 3. The summed E-state index contributed by atoms with van der Waals surface area (Å²) in [6.07, 6.45) is 2.98. The molecule has 0 saturated heterocycles. The lowest BCUT2D eigenvalue weighted by atomic mass is 9.91. The fourth-order valence-corrected chi connectivity index (χ4v) is 2.61. The van der Waals surface area contributed by atoms with Crippen LogP contribution in [-0.4, -0.2) is 36.5 Å². The Hall–Kier alpha value is -1.62. The summed E-state index contributed by atoms with van der Waals surface area (Å²) in [4.78, 5) is 25.4. The summed E-state index contributed by atoms with van der Waals surface area (Å²) in [5.41, 5.74) is 2.07. The summed E-state index contributed by atoms with van der Waals surface area (Å²) in [5, 5.41) is 3.27. The van der Waals surface area contributed by atoms with E-state index in [0.717, 1.165) is 30.5 Å². The van der Waals surface area contributed by atoms with Crippen molar-refractivity contribution in [3.8, 4) is 0 Å². The molecule has 104 valence electrons. The first-order valence-electron chi connectivity index (χ1n) is 6.64. The molecule has 1 amide bonds. The minimum atomic E-state index is -0.0919. The third-order valence-corrected chi connectivity index (χ3v) is 3.75. The quantitative estimate of drug-likeness (QED) is 0.865. The van der Waals surface area contributed by atoms with Gasteiger partial charge < -0.3 is 14.8 Å². The molecule has 19 heavy (non-hydrogen) atoms. The first-order chi connectivity index (χ1) is 9.04. The van der Waals surface area contributed by atoms with Gasteiger partial charge in [-0.25, -0.2) is 0 Å². The van der Waals surface area contributed by atoms with Crippen LogP contribution in [0, 0.1) is 0 Å². The van der Waals surface area contributed by atoms with Crippen LogP contribution in [0.15, 0.2) is 16.9 Å². The van der Waals surface area contributed by atoms with Crippen LogP contribution in [0.4, 0.5) is 0 Å². The Morgan fingerprint density at radius 1 is 1.47 bits per heavy atom. The molecule has 1 heterocycles. The van der Waals surface area contributed by atoms with Crippen LogP contribution in [0.1, 0.15) is 30.1 Å². The molecular formula is C14H21N3O2. The number of nitrogens with one attached hydrogen (secondary N) is 1. The topological polar surface area (TPSA) is 54.3 Å². The number of hydrogen-bond donors (Lipinski definition) is 1. The number of carbonyl (C=O) groups excluding carboxylic acids is 1. The molecular weight excluding hydrogens is 242 g/mol. The van der Waals surface area contributed by atoms with E-state index in [4.69, 9.17) is 0 Å². The maximum Gasteiger partial charge on any atom is 0.251 e. The van der Waals surface area contributed by atoms with Gasteiger partial charge in [0, 0.05) is 31.9 Å². The average Bonchev–Trinajstić information content (AvgIpc) is 2.40. The minimum Gasteiger partial charge on any atom is -0.347 e. The van der Waals surface area contributed by atoms with Gasteiger partial charge in [0.15, 0.2) is 0 Å². The summed E-state index contributed by atoms with van der Waals surface area (Å²) in [7, 11) is 5.35. The first kappa shape index (κ1) is 13.8. The number of aromatic nitrogens is 1. The van der Waals surface area contributed by atoms with E-state index in [1.807, 2.05) is 13.1 Å². The molecule has 0 radical (unpaired) electrons. The molecule has 0 saturated carbocycles. The van der Waals surface area contributed by atoms with Crippen molar-refractivity contribution in [2.24, 2.45) is 0 Å². The second-order valence-corrected chi connectivity index (χ2v) is 5.18. The van der Waals surface area contributed by atoms with Crippen molar-refractivity contribution in [3.63, 3.8) is 0 Å². The summed E-state index contributed by atoms with van der Waals surface area (Å²) in [5.74, 6) is -0.0536. The molecule has 1 aliphatic carbocycles. The number of amides is 1. The van der Waals surface area contributed by atoms with E-state index in [1.54, 1.807) is 24.7 Å². The van der Waals surface area contributed by atoms with Crippen LogP contribution >= 0.6 is 0 Å². The van der Waals surface area contributed by atoms with Gasteiger partial charge in [0.2, 0.25) is 5.91 Å². The zero-order valence-electron chi connectivity index (χ0n) is 11.8. The molecule has 1 aliphatic rings. The molecule has 2 rings (SSSR count). The van der Waals surface area contributed by atoms with E-state index in [2.05, 4.69) is 5.32 Å². The molecule has 0 fully saturated rings. The summed E-state index contributed by atoms with van der Waals surface area (Å²) in [6, 6.07) is 3.75. The monoisotopic (exact) mass is 263 g/mol. The molecule has 5 heteroatoms. The highest BCUT2D eigenvalue weighted by atomic mass is 16.2. The normalized spacial score (nSPS) is 17.9. The Labute approximate surface area is 113 Å². The maximum absolute atomic E-state index is 12.0. The first-order valence-corrected chi connectivity index (χ1v) is 6.64. The molecule has 1 atom stereocenters. The lowest BCUT2D eigenvalue weighted by Gasteiger charge is -2.27. The fourth-order valence-electron chi connectivity index (χ4n) is 2.61. The van der Waals surface area contributed by atoms with Crippen molar-refractivity contribution in [3.05, 3.63) is 33.7 Å². The van der Waals surface area contributed by atoms with Crippen molar-refractivity contribution in [1.29, 1.82) is 0 Å². The number of pyridine rings is 1. The molecule has 1 unspecified atom stereocenters. The van der Waals surface area contributed by atoms with Crippen LogP contribution in [0.5, 0.6) is 0 Å². The van der Waals surface area contributed by atoms with Crippen LogP contribution in [0.3, 0.4) is 0 Å². The van der Waals surface area contributed by atoms with Gasteiger partial charge in [-0.3, -0.25) is 9.59 Å². The Morgan fingerprint density at radius 3 is 2.84 bits per heavy atom. The zero-order chi connectivity index (χ0) is 14.0. The van der Waals surface area contributed by atoms with Crippen LogP contribution < -0.4 is 10.9 Å². The second kappa shape index (κ2) is 5.57. The van der Waals surface area contributed by atoms with Crippen molar-refractivity contribution >= 4 is 5.91 Å². The van der Waals surface area contributed by atoms with Crippen molar-refractivity contribution < 1.29 is 4.79 Å². The van der Waals surface area contributed by atoms with Crippen molar-refractivity contribution in [2.45, 2.75) is 31.8 Å². The molecule has 0 spiro atoms. The molecule has 1 aromatic heterocycles. The average molecular weight is 263 g/mol. The van der Waals surface area contributed by atoms with E-state index in [-0.39, 0.29) is 24.1 Å². The zero-order valence-corrected chi connectivity index (χ0v) is 11.8. The number of likely N-dealkylation sites (N-methyl/N-ethyl adjacent to an activating group) is 1. The molecule has 5 nitrogen and oxygen atoms in total. The minimum absolute atomic E-state index is 0.0536. The highest BCUT2D eigenvalue weighted by molar-refractivity contribution is 5.75. The van der Waals surface area contributed by atoms with Crippen LogP contribution in [0.25, 0.3) is 0 Å². The molecule has 1 aromatic rings. The van der Waals surface area contributed by atoms with Gasteiger partial charge in [-0.15, -0.1) is 0 Å². The summed E-state index contributed by atoms with van der Waals surface area (Å²) in [6.45, 7) is 0.130. The largest absolute Gasteiger partial charge is 0.347 e. The highest BCUT2D eigenvalue weighted by Gasteiger charge is 2.22. The molecule has 0 aliphatic heterocycles. The van der Waals surface area contributed by atoms with Gasteiger partial charge in [-0.05, 0) is 31.9 Å². The van der Waals surface area contributed by atoms with E-state index < -0.39 is 0 Å². The number of hydrogen-bond acceptors (Lipinski definition) is 3. The second-order valence-electron chi connectivity index (χ2n) is 5.18. The standard InChI is InChI=1S/C14H21N3O2/c1-15-11-5-4-6-12-10(11)7-8-13(18)17(12)9-14(19)16(2)3/h7-8,11,15H,4-6,9H2,1-3H3. The molecule has 1 N–H and O–H groups in total. The molecule has 0 bridgehead atoms. The lowest BCUT2D eigenvalue weighted by molar-refractivity contribution is -0.129. The van der Waals surface area contributed by atoms with E-state index >= 15 is 0 Å². The van der Waals surface area contributed by atoms with Gasteiger partial charge in [0.05, 0.1) is 0 Å². The fraction of sp³-hybridized carbons (Fsp3) is 0.571. The Bertz CT molecular complexity index is 534. The Kier molecular flexibility index (Phi) is 4.04. The third kappa shape index (κ3) is 2.71. The number of carbonyl (C=O) groups is 1. The Morgan fingerprint density at radius 2 is 2.21 bits per heavy atom. The van der Waals surface area contributed by atoms with E-state index in [9.17, 15) is 9.59 Å². The van der Waals surface area contributed by atoms with Crippen molar-refractivity contribution in [2.75, 3.05) is 21.1 Å². The maximum atomic E-state index is 12.0. The van der Waals surface area contributed by atoms with Gasteiger partial charge in [0.1, 0.15) is 6.54 Å². The number of fused-ring (bicyclic) bond motifs is 1. The third-order valence-electron chi connectivity index (χ3n) is 3.75. The van der Waals surface area contributed by atoms with Gasteiger partial charge >= 0.3 is 0 Å². The lowest BCUT2D eigenvalue weighted by Crippen LogP contribution is -2.35. The number of nitrogens with zero attached hydrogens (tertiary/aromatic N) is 2. The van der Waals surface area contributed by atoms with Gasteiger partial charge in [0.25, 0.3) is 5.56 Å². The van der Waals surface area contributed by atoms with Gasteiger partial charge in [-0.1, -0.05) is 6.07 Å². The van der Waals surface area contributed by atoms with Crippen LogP contribution in [-0.2, 0) is 17.8 Å². The van der Waals surface area contributed by atoms with Crippen LogP contribution in [0.2, 0.25) is 0 Å². The smallest absolute Gasteiger partial charge is 0.251 e. The Balaban J connectivity index is 2.43. The van der Waals surface area contributed by atoms with E-state index in [1.165, 1.54) is 4.90 Å².